The van der Waals surface area contributed by atoms with Crippen LogP contribution >= 0.6 is 11.3 Å². The highest BCUT2D eigenvalue weighted by Gasteiger charge is 2.10. The van der Waals surface area contributed by atoms with Crippen molar-refractivity contribution >= 4 is 43.3 Å². The standard InChI is InChI=1S/C18H15N3O2S/c1-21-15-9-8-14-17(13(15)7-10-16(21)22)24-18(20-14)19-11-3-5-12(23-2)6-4-11/h3-10H,1-2H3,(H,19,20). The van der Waals surface area contributed by atoms with Gasteiger partial charge in [-0.3, -0.25) is 4.79 Å². The van der Waals surface area contributed by atoms with Crippen LogP contribution in [0, 0.1) is 0 Å². The third kappa shape index (κ3) is 2.41. The van der Waals surface area contributed by atoms with Crippen LogP contribution in [0.15, 0.2) is 53.3 Å². The van der Waals surface area contributed by atoms with Crippen molar-refractivity contribution in [2.75, 3.05) is 12.4 Å². The molecule has 6 heteroatoms. The lowest BCUT2D eigenvalue weighted by atomic mass is 10.2. The fourth-order valence-electron chi connectivity index (χ4n) is 2.69. The predicted molar refractivity (Wildman–Crippen MR) is 98.6 cm³/mol. The molecule has 0 aliphatic heterocycles. The van der Waals surface area contributed by atoms with Gasteiger partial charge in [0.2, 0.25) is 0 Å². The van der Waals surface area contributed by atoms with Crippen molar-refractivity contribution in [3.05, 3.63) is 58.9 Å². The molecule has 4 rings (SSSR count). The Kier molecular flexibility index (Phi) is 3.46. The minimum atomic E-state index is -0.0112. The number of ether oxygens (including phenoxy) is 1. The van der Waals surface area contributed by atoms with Crippen molar-refractivity contribution < 1.29 is 4.74 Å². The van der Waals surface area contributed by atoms with E-state index in [1.54, 1.807) is 36.1 Å². The van der Waals surface area contributed by atoms with Gasteiger partial charge in [-0.25, -0.2) is 4.98 Å². The number of thiazole rings is 1. The Morgan fingerprint density at radius 2 is 1.88 bits per heavy atom. The van der Waals surface area contributed by atoms with Gasteiger partial charge in [0.05, 0.1) is 22.8 Å². The van der Waals surface area contributed by atoms with E-state index in [9.17, 15) is 4.79 Å². The fraction of sp³-hybridized carbons (Fsp3) is 0.111. The SMILES string of the molecule is COc1ccc(Nc2nc3ccc4c(ccc(=O)n4C)c3s2)cc1. The number of methoxy groups -OCH3 is 1. The van der Waals surface area contributed by atoms with E-state index < -0.39 is 0 Å². The Morgan fingerprint density at radius 3 is 2.62 bits per heavy atom. The van der Waals surface area contributed by atoms with Crippen LogP contribution < -0.4 is 15.6 Å². The molecule has 0 aliphatic carbocycles. The minimum absolute atomic E-state index is 0.0112. The van der Waals surface area contributed by atoms with Crippen molar-refractivity contribution in [3.8, 4) is 5.75 Å². The molecule has 24 heavy (non-hydrogen) atoms. The molecule has 0 amide bonds. The Morgan fingerprint density at radius 1 is 1.08 bits per heavy atom. The first-order valence-corrected chi connectivity index (χ1v) is 8.28. The van der Waals surface area contributed by atoms with Crippen LogP contribution in [0.1, 0.15) is 0 Å². The Labute approximate surface area is 142 Å². The predicted octanol–water partition coefficient (Wildman–Crippen LogP) is 3.90. The molecule has 0 atom stereocenters. The molecule has 0 radical (unpaired) electrons. The largest absolute Gasteiger partial charge is 0.497 e. The molecule has 0 spiro atoms. The summed E-state index contributed by atoms with van der Waals surface area (Å²) in [7, 11) is 3.43. The molecule has 2 aromatic heterocycles. The van der Waals surface area contributed by atoms with E-state index in [1.165, 1.54) is 0 Å². The van der Waals surface area contributed by atoms with E-state index in [0.29, 0.717) is 0 Å². The average Bonchev–Trinajstić information content (AvgIpc) is 3.01. The third-order valence-corrected chi connectivity index (χ3v) is 5.02. The molecule has 0 bridgehead atoms. The zero-order chi connectivity index (χ0) is 16.7. The number of aryl methyl sites for hydroxylation is 1. The summed E-state index contributed by atoms with van der Waals surface area (Å²) in [6.45, 7) is 0. The third-order valence-electron chi connectivity index (χ3n) is 4.00. The molecule has 120 valence electrons. The first-order valence-electron chi connectivity index (χ1n) is 7.46. The maximum Gasteiger partial charge on any atom is 0.250 e. The summed E-state index contributed by atoms with van der Waals surface area (Å²) in [6, 6.07) is 15.1. The second-order valence-corrected chi connectivity index (χ2v) is 6.45. The summed E-state index contributed by atoms with van der Waals surface area (Å²) in [5.41, 5.74) is 2.77. The summed E-state index contributed by atoms with van der Waals surface area (Å²) in [6.07, 6.45) is 0. The lowest BCUT2D eigenvalue weighted by Crippen LogP contribution is -2.14. The number of fused-ring (bicyclic) bond motifs is 3. The summed E-state index contributed by atoms with van der Waals surface area (Å²) in [5, 5.41) is 5.17. The molecule has 4 aromatic rings. The second-order valence-electron chi connectivity index (χ2n) is 5.45. The lowest BCUT2D eigenvalue weighted by Gasteiger charge is -2.04. The number of pyridine rings is 1. The van der Waals surface area contributed by atoms with Gasteiger partial charge in [0.15, 0.2) is 5.13 Å². The highest BCUT2D eigenvalue weighted by atomic mass is 32.1. The van der Waals surface area contributed by atoms with Gasteiger partial charge < -0.3 is 14.6 Å². The average molecular weight is 337 g/mol. The van der Waals surface area contributed by atoms with Gasteiger partial charge in [0, 0.05) is 24.2 Å². The molecule has 2 aromatic carbocycles. The fourth-order valence-corrected chi connectivity index (χ4v) is 3.70. The van der Waals surface area contributed by atoms with Crippen LogP contribution in [0.3, 0.4) is 0 Å². The van der Waals surface area contributed by atoms with Crippen LogP contribution in [-0.2, 0) is 7.05 Å². The Balaban J connectivity index is 1.78. The van der Waals surface area contributed by atoms with Crippen molar-refractivity contribution in [2.45, 2.75) is 0 Å². The highest BCUT2D eigenvalue weighted by Crippen LogP contribution is 2.33. The number of rotatable bonds is 3. The molecular weight excluding hydrogens is 322 g/mol. The van der Waals surface area contributed by atoms with Crippen LogP contribution in [-0.4, -0.2) is 16.7 Å². The van der Waals surface area contributed by atoms with Gasteiger partial charge in [-0.2, -0.15) is 0 Å². The van der Waals surface area contributed by atoms with E-state index in [0.717, 1.165) is 37.7 Å². The maximum absolute atomic E-state index is 11.8. The van der Waals surface area contributed by atoms with Gasteiger partial charge in [0.25, 0.3) is 5.56 Å². The summed E-state index contributed by atoms with van der Waals surface area (Å²) < 4.78 is 7.89. The first-order chi connectivity index (χ1) is 11.7. The van der Waals surface area contributed by atoms with Crippen LogP contribution in [0.25, 0.3) is 21.1 Å². The molecular formula is C18H15N3O2S. The summed E-state index contributed by atoms with van der Waals surface area (Å²) in [4.78, 5) is 16.4. The molecule has 2 heterocycles. The minimum Gasteiger partial charge on any atom is -0.497 e. The number of hydrogen-bond donors (Lipinski definition) is 1. The van der Waals surface area contributed by atoms with Gasteiger partial charge in [-0.15, -0.1) is 0 Å². The molecule has 0 fully saturated rings. The second kappa shape index (κ2) is 5.65. The topological polar surface area (TPSA) is 56.1 Å². The van der Waals surface area contributed by atoms with Crippen LogP contribution in [0.5, 0.6) is 5.75 Å². The van der Waals surface area contributed by atoms with Crippen molar-refractivity contribution in [1.29, 1.82) is 0 Å². The molecule has 0 saturated carbocycles. The normalized spacial score (nSPS) is 11.1. The number of nitrogens with one attached hydrogen (secondary N) is 1. The Hall–Kier alpha value is -2.86. The van der Waals surface area contributed by atoms with Gasteiger partial charge in [-0.05, 0) is 42.5 Å². The van der Waals surface area contributed by atoms with E-state index in [4.69, 9.17) is 4.74 Å². The van der Waals surface area contributed by atoms with E-state index in [1.807, 2.05) is 42.5 Å². The van der Waals surface area contributed by atoms with E-state index in [-0.39, 0.29) is 5.56 Å². The van der Waals surface area contributed by atoms with Gasteiger partial charge >= 0.3 is 0 Å². The van der Waals surface area contributed by atoms with Crippen molar-refractivity contribution in [3.63, 3.8) is 0 Å². The van der Waals surface area contributed by atoms with Crippen LogP contribution in [0.4, 0.5) is 10.8 Å². The summed E-state index contributed by atoms with van der Waals surface area (Å²) >= 11 is 1.58. The first kappa shape index (κ1) is 14.7. The lowest BCUT2D eigenvalue weighted by molar-refractivity contribution is 0.415. The molecule has 0 aliphatic rings. The number of anilines is 2. The van der Waals surface area contributed by atoms with Gasteiger partial charge in [0.1, 0.15) is 5.75 Å². The van der Waals surface area contributed by atoms with E-state index in [2.05, 4.69) is 10.3 Å². The zero-order valence-electron chi connectivity index (χ0n) is 13.2. The molecule has 0 unspecified atom stereocenters. The van der Waals surface area contributed by atoms with Gasteiger partial charge in [-0.1, -0.05) is 11.3 Å². The van der Waals surface area contributed by atoms with Crippen LogP contribution in [0.2, 0.25) is 0 Å². The molecule has 1 N–H and O–H groups in total. The Bertz CT molecular complexity index is 1100. The summed E-state index contributed by atoms with van der Waals surface area (Å²) in [5.74, 6) is 0.816. The zero-order valence-corrected chi connectivity index (χ0v) is 14.1. The quantitative estimate of drug-likeness (QED) is 0.616. The number of hydrogen-bond acceptors (Lipinski definition) is 5. The molecule has 5 nitrogen and oxygen atoms in total. The molecule has 0 saturated heterocycles. The number of benzene rings is 2. The number of aromatic nitrogens is 2. The van der Waals surface area contributed by atoms with E-state index >= 15 is 0 Å². The van der Waals surface area contributed by atoms with Crippen molar-refractivity contribution in [1.82, 2.24) is 9.55 Å². The maximum atomic E-state index is 11.8. The smallest absolute Gasteiger partial charge is 0.250 e. The highest BCUT2D eigenvalue weighted by molar-refractivity contribution is 7.23. The monoisotopic (exact) mass is 337 g/mol. The van der Waals surface area contributed by atoms with Crippen molar-refractivity contribution in [2.24, 2.45) is 7.05 Å². The number of nitrogens with zero attached hydrogens (tertiary/aromatic N) is 2.